The van der Waals surface area contributed by atoms with Crippen LogP contribution in [0.2, 0.25) is 0 Å². The summed E-state index contributed by atoms with van der Waals surface area (Å²) in [6, 6.07) is 19.2. The number of nitrogens with zero attached hydrogens (tertiary/aromatic N) is 1. The number of fused-ring (bicyclic) bond motifs is 1. The van der Waals surface area contributed by atoms with Gasteiger partial charge in [0.05, 0.1) is 18.0 Å². The first-order chi connectivity index (χ1) is 12.2. The average molecular weight is 334 g/mol. The summed E-state index contributed by atoms with van der Waals surface area (Å²) in [5.74, 6) is 0.0114. The van der Waals surface area contributed by atoms with E-state index in [1.54, 1.807) is 0 Å². The van der Waals surface area contributed by atoms with Crippen molar-refractivity contribution in [3.8, 4) is 0 Å². The number of likely N-dealkylation sites (tertiary alicyclic amines) is 1. The van der Waals surface area contributed by atoms with Crippen LogP contribution in [0.15, 0.2) is 54.6 Å². The summed E-state index contributed by atoms with van der Waals surface area (Å²) in [6.45, 7) is 4.27. The highest BCUT2D eigenvalue weighted by Gasteiger charge is 2.38. The molecule has 1 heterocycles. The zero-order chi connectivity index (χ0) is 17.2. The quantitative estimate of drug-likeness (QED) is 0.925. The summed E-state index contributed by atoms with van der Waals surface area (Å²) in [4.78, 5) is 15.4. The standard InChI is InChI=1S/C22H26N2O/c1-16(17-9-3-2-4-10-17)22(25)23-20-15-18-11-5-6-12-19(18)21(20)24-13-7-8-14-24/h2-6,9-12,16,20-21H,7-8,13-15H2,1H3,(H,23,25)/t16-,20+,21+/m0/s1. The third kappa shape index (κ3) is 3.21. The van der Waals surface area contributed by atoms with Crippen molar-refractivity contribution in [3.05, 3.63) is 71.3 Å². The Morgan fingerprint density at radius 2 is 1.72 bits per heavy atom. The van der Waals surface area contributed by atoms with E-state index >= 15 is 0 Å². The zero-order valence-electron chi connectivity index (χ0n) is 14.8. The zero-order valence-corrected chi connectivity index (χ0v) is 14.8. The second-order valence-electron chi connectivity index (χ2n) is 7.34. The lowest BCUT2D eigenvalue weighted by Crippen LogP contribution is -2.45. The highest BCUT2D eigenvalue weighted by molar-refractivity contribution is 5.83. The fourth-order valence-electron chi connectivity index (χ4n) is 4.38. The van der Waals surface area contributed by atoms with E-state index in [-0.39, 0.29) is 17.9 Å². The van der Waals surface area contributed by atoms with Crippen molar-refractivity contribution in [2.45, 2.75) is 44.2 Å². The van der Waals surface area contributed by atoms with Crippen LogP contribution in [0.3, 0.4) is 0 Å². The molecular formula is C22H26N2O. The SMILES string of the molecule is C[C@H](C(=O)N[C@@H]1Cc2ccccc2[C@H]1N1CCCC1)c1ccccc1. The number of carbonyl (C=O) groups excluding carboxylic acids is 1. The van der Waals surface area contributed by atoms with E-state index in [4.69, 9.17) is 0 Å². The average Bonchev–Trinajstić information content (AvgIpc) is 3.28. The minimum atomic E-state index is -0.121. The van der Waals surface area contributed by atoms with E-state index in [1.165, 1.54) is 24.0 Å². The number of carbonyl (C=O) groups is 1. The maximum Gasteiger partial charge on any atom is 0.227 e. The molecule has 2 aromatic rings. The minimum absolute atomic E-state index is 0.121. The molecule has 0 unspecified atom stereocenters. The topological polar surface area (TPSA) is 32.3 Å². The van der Waals surface area contributed by atoms with Gasteiger partial charge < -0.3 is 5.32 Å². The minimum Gasteiger partial charge on any atom is -0.351 e. The molecule has 130 valence electrons. The molecule has 0 radical (unpaired) electrons. The Morgan fingerprint density at radius 3 is 2.48 bits per heavy atom. The molecule has 3 atom stereocenters. The number of rotatable bonds is 4. The largest absolute Gasteiger partial charge is 0.351 e. The molecule has 0 saturated carbocycles. The normalized spacial score (nSPS) is 24.0. The Morgan fingerprint density at radius 1 is 1.04 bits per heavy atom. The summed E-state index contributed by atoms with van der Waals surface area (Å²) in [5.41, 5.74) is 3.87. The van der Waals surface area contributed by atoms with Gasteiger partial charge in [0.2, 0.25) is 5.91 Å². The lowest BCUT2D eigenvalue weighted by Gasteiger charge is -2.31. The van der Waals surface area contributed by atoms with Gasteiger partial charge in [-0.1, -0.05) is 54.6 Å². The lowest BCUT2D eigenvalue weighted by atomic mass is 9.99. The van der Waals surface area contributed by atoms with Crippen LogP contribution in [0.1, 0.15) is 48.4 Å². The molecule has 1 amide bonds. The Labute approximate surface area is 150 Å². The van der Waals surface area contributed by atoms with Crippen LogP contribution in [0.4, 0.5) is 0 Å². The molecule has 2 aromatic carbocycles. The highest BCUT2D eigenvalue weighted by atomic mass is 16.1. The first-order valence-electron chi connectivity index (χ1n) is 9.41. The smallest absolute Gasteiger partial charge is 0.227 e. The molecule has 25 heavy (non-hydrogen) atoms. The third-order valence-electron chi connectivity index (χ3n) is 5.75. The molecule has 1 fully saturated rings. The van der Waals surface area contributed by atoms with Gasteiger partial charge >= 0.3 is 0 Å². The second-order valence-corrected chi connectivity index (χ2v) is 7.34. The number of hydrogen-bond donors (Lipinski definition) is 1. The van der Waals surface area contributed by atoms with Crippen molar-refractivity contribution in [1.29, 1.82) is 0 Å². The van der Waals surface area contributed by atoms with E-state index in [2.05, 4.69) is 34.5 Å². The summed E-state index contributed by atoms with van der Waals surface area (Å²) >= 11 is 0. The van der Waals surface area contributed by atoms with E-state index in [0.29, 0.717) is 6.04 Å². The highest BCUT2D eigenvalue weighted by Crippen LogP contribution is 2.38. The molecule has 0 bridgehead atoms. The monoisotopic (exact) mass is 334 g/mol. The Bertz CT molecular complexity index is 737. The van der Waals surface area contributed by atoms with Gasteiger partial charge in [-0.05, 0) is 56.0 Å². The fraction of sp³-hybridized carbons (Fsp3) is 0.409. The van der Waals surface area contributed by atoms with Crippen LogP contribution in [0.5, 0.6) is 0 Å². The van der Waals surface area contributed by atoms with Crippen LogP contribution in [0, 0.1) is 0 Å². The third-order valence-corrected chi connectivity index (χ3v) is 5.75. The Kier molecular flexibility index (Phi) is 4.58. The second kappa shape index (κ2) is 7.01. The molecule has 1 aliphatic carbocycles. The van der Waals surface area contributed by atoms with Crippen LogP contribution in [-0.4, -0.2) is 29.9 Å². The van der Waals surface area contributed by atoms with Gasteiger partial charge in [-0.3, -0.25) is 9.69 Å². The van der Waals surface area contributed by atoms with Gasteiger partial charge in [0.25, 0.3) is 0 Å². The molecule has 1 aliphatic heterocycles. The van der Waals surface area contributed by atoms with Crippen molar-refractivity contribution < 1.29 is 4.79 Å². The van der Waals surface area contributed by atoms with Crippen LogP contribution >= 0.6 is 0 Å². The predicted molar refractivity (Wildman–Crippen MR) is 100 cm³/mol. The van der Waals surface area contributed by atoms with Crippen molar-refractivity contribution in [1.82, 2.24) is 10.2 Å². The van der Waals surface area contributed by atoms with Gasteiger partial charge in [0, 0.05) is 0 Å². The summed E-state index contributed by atoms with van der Waals surface area (Å²) < 4.78 is 0. The maximum absolute atomic E-state index is 12.9. The van der Waals surface area contributed by atoms with E-state index in [0.717, 1.165) is 25.1 Å². The molecule has 3 nitrogen and oxygen atoms in total. The molecule has 3 heteroatoms. The van der Waals surface area contributed by atoms with Gasteiger partial charge in [0.15, 0.2) is 0 Å². The predicted octanol–water partition coefficient (Wildman–Crippen LogP) is 3.67. The molecule has 0 spiro atoms. The summed E-state index contributed by atoms with van der Waals surface area (Å²) in [5, 5.41) is 3.37. The summed E-state index contributed by atoms with van der Waals surface area (Å²) in [7, 11) is 0. The first kappa shape index (κ1) is 16.3. The van der Waals surface area contributed by atoms with Crippen LogP contribution < -0.4 is 5.32 Å². The van der Waals surface area contributed by atoms with Gasteiger partial charge in [0.1, 0.15) is 0 Å². The molecule has 1 N–H and O–H groups in total. The van der Waals surface area contributed by atoms with E-state index in [1.807, 2.05) is 37.3 Å². The Balaban J connectivity index is 1.54. The molecular weight excluding hydrogens is 308 g/mol. The maximum atomic E-state index is 12.9. The van der Waals surface area contributed by atoms with Crippen molar-refractivity contribution in [3.63, 3.8) is 0 Å². The van der Waals surface area contributed by atoms with Gasteiger partial charge in [-0.15, -0.1) is 0 Å². The van der Waals surface area contributed by atoms with Gasteiger partial charge in [-0.2, -0.15) is 0 Å². The van der Waals surface area contributed by atoms with Crippen molar-refractivity contribution >= 4 is 5.91 Å². The molecule has 0 aromatic heterocycles. The lowest BCUT2D eigenvalue weighted by molar-refractivity contribution is -0.123. The molecule has 1 saturated heterocycles. The van der Waals surface area contributed by atoms with Gasteiger partial charge in [-0.25, -0.2) is 0 Å². The number of amides is 1. The first-order valence-corrected chi connectivity index (χ1v) is 9.41. The van der Waals surface area contributed by atoms with E-state index in [9.17, 15) is 4.79 Å². The van der Waals surface area contributed by atoms with Crippen LogP contribution in [0.25, 0.3) is 0 Å². The van der Waals surface area contributed by atoms with Crippen molar-refractivity contribution in [2.75, 3.05) is 13.1 Å². The van der Waals surface area contributed by atoms with Crippen LogP contribution in [-0.2, 0) is 11.2 Å². The molecule has 2 aliphatic rings. The molecule has 4 rings (SSSR count). The number of nitrogens with one attached hydrogen (secondary N) is 1. The number of benzene rings is 2. The number of hydrogen-bond acceptors (Lipinski definition) is 2. The fourth-order valence-corrected chi connectivity index (χ4v) is 4.38. The van der Waals surface area contributed by atoms with E-state index < -0.39 is 0 Å². The Hall–Kier alpha value is -2.13. The summed E-state index contributed by atoms with van der Waals surface area (Å²) in [6.07, 6.45) is 3.46. The van der Waals surface area contributed by atoms with Crippen molar-refractivity contribution in [2.24, 2.45) is 0 Å².